The Bertz CT molecular complexity index is 618. The number of benzene rings is 1. The Hall–Kier alpha value is -2.01. The molecule has 2 heterocycles. The highest BCUT2D eigenvalue weighted by Gasteiger charge is 2.16. The second kappa shape index (κ2) is 6.83. The monoisotopic (exact) mass is 301 g/mol. The first-order chi connectivity index (χ1) is 10.7. The highest BCUT2D eigenvalue weighted by atomic mass is 16.5. The lowest BCUT2D eigenvalue weighted by molar-refractivity contribution is 0.0682. The van der Waals surface area contributed by atoms with Gasteiger partial charge in [0.1, 0.15) is 12.4 Å². The van der Waals surface area contributed by atoms with Crippen LogP contribution >= 0.6 is 0 Å². The molecule has 1 unspecified atom stereocenters. The second-order valence-electron chi connectivity index (χ2n) is 5.82. The van der Waals surface area contributed by atoms with Crippen molar-refractivity contribution >= 4 is 5.69 Å². The van der Waals surface area contributed by atoms with Crippen molar-refractivity contribution < 1.29 is 9.47 Å². The molecule has 1 aliphatic rings. The Morgan fingerprint density at radius 1 is 1.45 bits per heavy atom. The summed E-state index contributed by atoms with van der Waals surface area (Å²) in [6.07, 6.45) is 6.33. The summed E-state index contributed by atoms with van der Waals surface area (Å²) in [5, 5.41) is 7.61. The molecule has 1 aromatic heterocycles. The molecule has 118 valence electrons. The van der Waals surface area contributed by atoms with E-state index >= 15 is 0 Å². The zero-order chi connectivity index (χ0) is 15.4. The van der Waals surface area contributed by atoms with Gasteiger partial charge in [0.05, 0.1) is 18.0 Å². The summed E-state index contributed by atoms with van der Waals surface area (Å²) >= 11 is 0. The molecule has 0 bridgehead atoms. The molecule has 1 N–H and O–H groups in total. The highest BCUT2D eigenvalue weighted by Crippen LogP contribution is 2.27. The molecule has 1 saturated heterocycles. The Kier molecular flexibility index (Phi) is 4.63. The lowest BCUT2D eigenvalue weighted by atomic mass is 10.2. The number of hydrogen-bond acceptors (Lipinski definition) is 4. The summed E-state index contributed by atoms with van der Waals surface area (Å²) in [7, 11) is 1.92. The predicted octanol–water partition coefficient (Wildman–Crippen LogP) is 2.90. The number of ether oxygens (including phenoxy) is 2. The summed E-state index contributed by atoms with van der Waals surface area (Å²) in [5.74, 6) is 0.888. The third kappa shape index (κ3) is 3.80. The average Bonchev–Trinajstić information content (AvgIpc) is 3.15. The Labute approximate surface area is 131 Å². The van der Waals surface area contributed by atoms with Crippen LogP contribution in [0.5, 0.6) is 5.75 Å². The van der Waals surface area contributed by atoms with Crippen LogP contribution in [0.25, 0.3) is 0 Å². The van der Waals surface area contributed by atoms with Crippen molar-refractivity contribution in [2.75, 3.05) is 18.5 Å². The van der Waals surface area contributed by atoms with Crippen LogP contribution in [0.1, 0.15) is 24.0 Å². The van der Waals surface area contributed by atoms with E-state index in [1.807, 2.05) is 19.4 Å². The minimum absolute atomic E-state index is 0.228. The van der Waals surface area contributed by atoms with E-state index in [0.29, 0.717) is 6.61 Å². The van der Waals surface area contributed by atoms with Crippen LogP contribution in [0.4, 0.5) is 5.69 Å². The largest absolute Gasteiger partial charge is 0.489 e. The lowest BCUT2D eigenvalue weighted by Crippen LogP contribution is -2.17. The van der Waals surface area contributed by atoms with E-state index in [9.17, 15) is 0 Å². The van der Waals surface area contributed by atoms with Crippen LogP contribution in [-0.4, -0.2) is 29.1 Å². The SMILES string of the molecule is Cc1ccc(NCc2cnn(C)c2)c(OCC2CCCO2)c1. The molecule has 0 radical (unpaired) electrons. The van der Waals surface area contributed by atoms with Crippen molar-refractivity contribution in [3.8, 4) is 5.75 Å². The number of hydrogen-bond donors (Lipinski definition) is 1. The van der Waals surface area contributed by atoms with Crippen molar-refractivity contribution in [1.29, 1.82) is 0 Å². The molecular formula is C17H23N3O2. The Balaban J connectivity index is 1.64. The van der Waals surface area contributed by atoms with E-state index < -0.39 is 0 Å². The molecule has 5 heteroatoms. The highest BCUT2D eigenvalue weighted by molar-refractivity contribution is 5.57. The van der Waals surface area contributed by atoms with E-state index in [4.69, 9.17) is 9.47 Å². The van der Waals surface area contributed by atoms with Gasteiger partial charge >= 0.3 is 0 Å². The summed E-state index contributed by atoms with van der Waals surface area (Å²) in [4.78, 5) is 0. The molecule has 0 saturated carbocycles. The fourth-order valence-electron chi connectivity index (χ4n) is 2.61. The van der Waals surface area contributed by atoms with Gasteiger partial charge < -0.3 is 14.8 Å². The second-order valence-corrected chi connectivity index (χ2v) is 5.82. The third-order valence-corrected chi connectivity index (χ3v) is 3.83. The fourth-order valence-corrected chi connectivity index (χ4v) is 2.61. The van der Waals surface area contributed by atoms with Crippen molar-refractivity contribution in [3.63, 3.8) is 0 Å². The van der Waals surface area contributed by atoms with Gasteiger partial charge in [0.25, 0.3) is 0 Å². The normalized spacial score (nSPS) is 17.6. The zero-order valence-electron chi connectivity index (χ0n) is 13.2. The van der Waals surface area contributed by atoms with Crippen molar-refractivity contribution in [2.24, 2.45) is 7.05 Å². The van der Waals surface area contributed by atoms with Gasteiger partial charge in [-0.2, -0.15) is 5.10 Å². The van der Waals surface area contributed by atoms with Crippen molar-refractivity contribution in [3.05, 3.63) is 41.7 Å². The smallest absolute Gasteiger partial charge is 0.142 e. The van der Waals surface area contributed by atoms with E-state index in [2.05, 4.69) is 35.5 Å². The molecule has 0 spiro atoms. The van der Waals surface area contributed by atoms with Crippen molar-refractivity contribution in [1.82, 2.24) is 9.78 Å². The standard InChI is InChI=1S/C17H23N3O2/c1-13-5-6-16(18-9-14-10-19-20(2)11-14)17(8-13)22-12-15-4-3-7-21-15/h5-6,8,10-11,15,18H,3-4,7,9,12H2,1-2H3. The van der Waals surface area contributed by atoms with Gasteiger partial charge in [0, 0.05) is 32.0 Å². The minimum atomic E-state index is 0.228. The van der Waals surface area contributed by atoms with Gasteiger partial charge in [-0.3, -0.25) is 4.68 Å². The van der Waals surface area contributed by atoms with Crippen LogP contribution < -0.4 is 10.1 Å². The van der Waals surface area contributed by atoms with Crippen molar-refractivity contribution in [2.45, 2.75) is 32.4 Å². The van der Waals surface area contributed by atoms with E-state index in [-0.39, 0.29) is 6.10 Å². The number of aryl methyl sites for hydroxylation is 2. The quantitative estimate of drug-likeness (QED) is 0.891. The number of aromatic nitrogens is 2. The molecule has 3 rings (SSSR count). The summed E-state index contributed by atoms with van der Waals surface area (Å²) in [6, 6.07) is 6.22. The maximum atomic E-state index is 5.99. The first kappa shape index (κ1) is 14.9. The lowest BCUT2D eigenvalue weighted by Gasteiger charge is -2.16. The molecule has 1 atom stereocenters. The zero-order valence-corrected chi connectivity index (χ0v) is 13.2. The number of nitrogens with zero attached hydrogens (tertiary/aromatic N) is 2. The topological polar surface area (TPSA) is 48.3 Å². The van der Waals surface area contributed by atoms with Gasteiger partial charge in [-0.05, 0) is 37.5 Å². The van der Waals surface area contributed by atoms with E-state index in [1.54, 1.807) is 4.68 Å². The van der Waals surface area contributed by atoms with Crippen LogP contribution in [0.3, 0.4) is 0 Å². The first-order valence-electron chi connectivity index (χ1n) is 7.77. The minimum Gasteiger partial charge on any atom is -0.489 e. The first-order valence-corrected chi connectivity index (χ1v) is 7.77. The number of anilines is 1. The molecular weight excluding hydrogens is 278 g/mol. The van der Waals surface area contributed by atoms with E-state index in [0.717, 1.165) is 43.0 Å². The Morgan fingerprint density at radius 3 is 3.09 bits per heavy atom. The molecule has 1 aliphatic heterocycles. The summed E-state index contributed by atoms with van der Waals surface area (Å²) in [5.41, 5.74) is 3.34. The van der Waals surface area contributed by atoms with Gasteiger partial charge in [-0.1, -0.05) is 6.07 Å². The molecule has 0 amide bonds. The molecule has 22 heavy (non-hydrogen) atoms. The summed E-state index contributed by atoms with van der Waals surface area (Å²) < 4.78 is 13.4. The van der Waals surface area contributed by atoms with Crippen LogP contribution in [0.2, 0.25) is 0 Å². The van der Waals surface area contributed by atoms with Crippen LogP contribution in [0, 0.1) is 6.92 Å². The number of nitrogens with one attached hydrogen (secondary N) is 1. The molecule has 1 aromatic carbocycles. The third-order valence-electron chi connectivity index (χ3n) is 3.83. The maximum Gasteiger partial charge on any atom is 0.142 e. The molecule has 5 nitrogen and oxygen atoms in total. The summed E-state index contributed by atoms with van der Waals surface area (Å²) in [6.45, 7) is 4.27. The molecule has 2 aromatic rings. The maximum absolute atomic E-state index is 5.99. The fraction of sp³-hybridized carbons (Fsp3) is 0.471. The molecule has 0 aliphatic carbocycles. The number of rotatable bonds is 6. The average molecular weight is 301 g/mol. The van der Waals surface area contributed by atoms with Gasteiger partial charge in [-0.25, -0.2) is 0 Å². The van der Waals surface area contributed by atoms with Gasteiger partial charge in [0.2, 0.25) is 0 Å². The van der Waals surface area contributed by atoms with Gasteiger partial charge in [-0.15, -0.1) is 0 Å². The van der Waals surface area contributed by atoms with Crippen LogP contribution in [0.15, 0.2) is 30.6 Å². The van der Waals surface area contributed by atoms with Crippen LogP contribution in [-0.2, 0) is 18.3 Å². The Morgan fingerprint density at radius 2 is 2.36 bits per heavy atom. The van der Waals surface area contributed by atoms with E-state index in [1.165, 1.54) is 5.56 Å². The predicted molar refractivity (Wildman–Crippen MR) is 86.2 cm³/mol. The molecule has 1 fully saturated rings. The van der Waals surface area contributed by atoms with Gasteiger partial charge in [0.15, 0.2) is 0 Å².